The van der Waals surface area contributed by atoms with Crippen molar-refractivity contribution in [3.05, 3.63) is 28.2 Å². The van der Waals surface area contributed by atoms with Gasteiger partial charge in [-0.3, -0.25) is 0 Å². The predicted molar refractivity (Wildman–Crippen MR) is 91.9 cm³/mol. The molecule has 0 amide bonds. The van der Waals surface area contributed by atoms with Gasteiger partial charge in [-0.05, 0) is 58.4 Å². The highest BCUT2D eigenvalue weighted by Gasteiger charge is 2.16. The Hall–Kier alpha value is -0.580. The molecule has 0 saturated carbocycles. The monoisotopic (exact) mass is 357 g/mol. The molecule has 21 heavy (non-hydrogen) atoms. The van der Waals surface area contributed by atoms with Gasteiger partial charge in [0.05, 0.1) is 12.2 Å². The zero-order valence-corrected chi connectivity index (χ0v) is 15.6. The molecule has 0 unspecified atom stereocenters. The highest BCUT2D eigenvalue weighted by Crippen LogP contribution is 2.24. The topological polar surface area (TPSA) is 30.5 Å². The van der Waals surface area contributed by atoms with Crippen LogP contribution in [0.2, 0.25) is 0 Å². The van der Waals surface area contributed by atoms with Crippen molar-refractivity contribution >= 4 is 15.9 Å². The van der Waals surface area contributed by atoms with E-state index in [1.807, 2.05) is 12.1 Å². The van der Waals surface area contributed by atoms with Gasteiger partial charge in [0.2, 0.25) is 0 Å². The second-order valence-electron chi connectivity index (χ2n) is 6.92. The molecule has 0 radical (unpaired) electrons. The van der Waals surface area contributed by atoms with Crippen LogP contribution in [0.5, 0.6) is 5.75 Å². The maximum atomic E-state index is 5.84. The Balaban J connectivity index is 2.60. The zero-order valence-electron chi connectivity index (χ0n) is 14.0. The van der Waals surface area contributed by atoms with Gasteiger partial charge in [0.25, 0.3) is 0 Å². The van der Waals surface area contributed by atoms with E-state index in [9.17, 15) is 0 Å². The molecule has 120 valence electrons. The lowest BCUT2D eigenvalue weighted by Crippen LogP contribution is -2.35. The molecule has 1 N–H and O–H groups in total. The van der Waals surface area contributed by atoms with Gasteiger partial charge in [-0.25, -0.2) is 0 Å². The summed E-state index contributed by atoms with van der Waals surface area (Å²) in [7, 11) is 1.73. The van der Waals surface area contributed by atoms with Crippen molar-refractivity contribution in [3.8, 4) is 5.75 Å². The first-order chi connectivity index (χ1) is 9.63. The Bertz CT molecular complexity index is 453. The van der Waals surface area contributed by atoms with Crippen molar-refractivity contribution in [2.45, 2.75) is 58.7 Å². The van der Waals surface area contributed by atoms with E-state index in [-0.39, 0.29) is 11.1 Å². The van der Waals surface area contributed by atoms with E-state index in [0.29, 0.717) is 6.61 Å². The average Bonchev–Trinajstić information content (AvgIpc) is 2.38. The molecule has 0 bridgehead atoms. The Morgan fingerprint density at radius 1 is 1.14 bits per heavy atom. The summed E-state index contributed by atoms with van der Waals surface area (Å²) >= 11 is 3.59. The van der Waals surface area contributed by atoms with Crippen LogP contribution < -0.4 is 10.1 Å². The van der Waals surface area contributed by atoms with E-state index in [2.05, 4.69) is 61.9 Å². The number of nitrogens with one attached hydrogen (secondary N) is 1. The van der Waals surface area contributed by atoms with Crippen LogP contribution >= 0.6 is 15.9 Å². The number of ether oxygens (including phenoxy) is 2. The minimum atomic E-state index is -0.147. The first-order valence-electron chi connectivity index (χ1n) is 7.34. The molecule has 0 atom stereocenters. The summed E-state index contributed by atoms with van der Waals surface area (Å²) in [6, 6.07) is 6.11. The predicted octanol–water partition coefficient (Wildman–Crippen LogP) is 4.53. The normalized spacial score (nSPS) is 12.5. The van der Waals surface area contributed by atoms with E-state index < -0.39 is 0 Å². The molecular formula is C17H28BrNO2. The van der Waals surface area contributed by atoms with Gasteiger partial charge in [-0.15, -0.1) is 0 Å². The lowest BCUT2D eigenvalue weighted by molar-refractivity contribution is 0.00545. The van der Waals surface area contributed by atoms with E-state index in [4.69, 9.17) is 9.47 Å². The van der Waals surface area contributed by atoms with Crippen molar-refractivity contribution in [2.24, 2.45) is 0 Å². The summed E-state index contributed by atoms with van der Waals surface area (Å²) in [5.41, 5.74) is 1.15. The average molecular weight is 358 g/mol. The molecule has 0 aliphatic rings. The lowest BCUT2D eigenvalue weighted by atomic mass is 10.1. The van der Waals surface area contributed by atoms with E-state index >= 15 is 0 Å². The Kier molecular flexibility index (Phi) is 6.70. The molecular weight excluding hydrogens is 330 g/mol. The molecule has 4 heteroatoms. The van der Waals surface area contributed by atoms with Crippen molar-refractivity contribution in [1.82, 2.24) is 5.32 Å². The minimum Gasteiger partial charge on any atom is -0.493 e. The fourth-order valence-corrected chi connectivity index (χ4v) is 2.04. The summed E-state index contributed by atoms with van der Waals surface area (Å²) in [6.45, 7) is 12.1. The Morgan fingerprint density at radius 2 is 1.81 bits per heavy atom. The number of benzene rings is 1. The molecule has 0 heterocycles. The molecule has 3 nitrogen and oxygen atoms in total. The summed E-state index contributed by atoms with van der Waals surface area (Å²) in [5, 5.41) is 3.49. The molecule has 0 aliphatic heterocycles. The maximum absolute atomic E-state index is 5.84. The molecule has 1 rings (SSSR count). The van der Waals surface area contributed by atoms with Crippen molar-refractivity contribution < 1.29 is 9.47 Å². The van der Waals surface area contributed by atoms with Crippen LogP contribution in [0.15, 0.2) is 22.7 Å². The second-order valence-corrected chi connectivity index (χ2v) is 7.77. The van der Waals surface area contributed by atoms with Crippen molar-refractivity contribution in [1.29, 1.82) is 0 Å². The third kappa shape index (κ3) is 7.30. The van der Waals surface area contributed by atoms with Gasteiger partial charge in [0.15, 0.2) is 0 Å². The molecule has 0 aromatic heterocycles. The van der Waals surface area contributed by atoms with E-state index in [0.717, 1.165) is 23.2 Å². The van der Waals surface area contributed by atoms with Crippen molar-refractivity contribution in [2.75, 3.05) is 13.7 Å². The lowest BCUT2D eigenvalue weighted by Gasteiger charge is -2.23. The molecule has 0 fully saturated rings. The standard InChI is InChI=1S/C17H28BrNO2/c1-16(2,3)19-12-13-11-14(7-8-15(13)18)21-10-9-17(4,5)20-6/h7-8,11,19H,9-10,12H2,1-6H3. The highest BCUT2D eigenvalue weighted by molar-refractivity contribution is 9.10. The van der Waals surface area contributed by atoms with Gasteiger partial charge >= 0.3 is 0 Å². The Labute approximate surface area is 137 Å². The fourth-order valence-electron chi connectivity index (χ4n) is 1.65. The van der Waals surface area contributed by atoms with Crippen LogP contribution in [-0.4, -0.2) is 24.9 Å². The van der Waals surface area contributed by atoms with E-state index in [1.165, 1.54) is 5.56 Å². The minimum absolute atomic E-state index is 0.0960. The van der Waals surface area contributed by atoms with Crippen LogP contribution in [0.4, 0.5) is 0 Å². The molecule has 0 aliphatic carbocycles. The second kappa shape index (κ2) is 7.61. The molecule has 1 aromatic rings. The van der Waals surface area contributed by atoms with Crippen LogP contribution in [-0.2, 0) is 11.3 Å². The highest BCUT2D eigenvalue weighted by atomic mass is 79.9. The van der Waals surface area contributed by atoms with Crippen LogP contribution in [0.3, 0.4) is 0 Å². The van der Waals surface area contributed by atoms with Crippen molar-refractivity contribution in [3.63, 3.8) is 0 Å². The zero-order chi connectivity index (χ0) is 16.1. The van der Waals surface area contributed by atoms with Gasteiger partial charge in [-0.2, -0.15) is 0 Å². The maximum Gasteiger partial charge on any atom is 0.119 e. The molecule has 1 aromatic carbocycles. The Morgan fingerprint density at radius 3 is 2.38 bits per heavy atom. The van der Waals surface area contributed by atoms with Gasteiger partial charge < -0.3 is 14.8 Å². The number of rotatable bonds is 7. The smallest absolute Gasteiger partial charge is 0.119 e. The van der Waals surface area contributed by atoms with Crippen LogP contribution in [0, 0.1) is 0 Å². The third-order valence-corrected chi connectivity index (χ3v) is 4.13. The summed E-state index contributed by atoms with van der Waals surface area (Å²) in [5.74, 6) is 0.899. The molecule has 0 spiro atoms. The quantitative estimate of drug-likeness (QED) is 0.777. The van der Waals surface area contributed by atoms with Crippen LogP contribution in [0.1, 0.15) is 46.6 Å². The van der Waals surface area contributed by atoms with Gasteiger partial charge in [0, 0.05) is 30.1 Å². The number of hydrogen-bond donors (Lipinski definition) is 1. The summed E-state index contributed by atoms with van der Waals surface area (Å²) < 4.78 is 12.3. The van der Waals surface area contributed by atoms with Crippen LogP contribution in [0.25, 0.3) is 0 Å². The number of hydrogen-bond acceptors (Lipinski definition) is 3. The first-order valence-corrected chi connectivity index (χ1v) is 8.14. The number of halogens is 1. The SMILES string of the molecule is COC(C)(C)CCOc1ccc(Br)c(CNC(C)(C)C)c1. The first kappa shape index (κ1) is 18.5. The third-order valence-electron chi connectivity index (χ3n) is 3.35. The van der Waals surface area contributed by atoms with Gasteiger partial charge in [-0.1, -0.05) is 15.9 Å². The largest absolute Gasteiger partial charge is 0.493 e. The molecule has 0 saturated heterocycles. The number of methoxy groups -OCH3 is 1. The van der Waals surface area contributed by atoms with E-state index in [1.54, 1.807) is 7.11 Å². The summed E-state index contributed by atoms with van der Waals surface area (Å²) in [6.07, 6.45) is 0.856. The van der Waals surface area contributed by atoms with Gasteiger partial charge in [0.1, 0.15) is 5.75 Å². The summed E-state index contributed by atoms with van der Waals surface area (Å²) in [4.78, 5) is 0. The fraction of sp³-hybridized carbons (Fsp3) is 0.647.